The molecule has 1 aliphatic rings. The SMILES string of the molecule is COC1(CNC(=O)Nc2ccccc2C)Cc2ccccc2C1. The molecule has 2 N–H and O–H groups in total. The van der Waals surface area contributed by atoms with Crippen LogP contribution in [-0.2, 0) is 17.6 Å². The van der Waals surface area contributed by atoms with Crippen molar-refractivity contribution in [2.24, 2.45) is 0 Å². The van der Waals surface area contributed by atoms with Crippen molar-refractivity contribution in [2.75, 3.05) is 19.0 Å². The minimum Gasteiger partial charge on any atom is -0.376 e. The van der Waals surface area contributed by atoms with Gasteiger partial charge in [-0.2, -0.15) is 0 Å². The number of carbonyl (C=O) groups excluding carboxylic acids is 1. The highest BCUT2D eigenvalue weighted by Crippen LogP contribution is 2.32. The van der Waals surface area contributed by atoms with Crippen LogP contribution in [0.25, 0.3) is 0 Å². The Hall–Kier alpha value is -2.33. The molecule has 1 aliphatic carbocycles. The van der Waals surface area contributed by atoms with Crippen molar-refractivity contribution in [1.29, 1.82) is 0 Å². The lowest BCUT2D eigenvalue weighted by Crippen LogP contribution is -2.46. The number of amides is 2. The molecule has 2 amide bonds. The van der Waals surface area contributed by atoms with Crippen molar-refractivity contribution >= 4 is 11.7 Å². The monoisotopic (exact) mass is 310 g/mol. The van der Waals surface area contributed by atoms with E-state index in [0.717, 1.165) is 24.1 Å². The summed E-state index contributed by atoms with van der Waals surface area (Å²) in [6, 6.07) is 15.9. The zero-order chi connectivity index (χ0) is 16.3. The second-order valence-electron chi connectivity index (χ2n) is 6.13. The van der Waals surface area contributed by atoms with Gasteiger partial charge in [-0.05, 0) is 29.7 Å². The van der Waals surface area contributed by atoms with Gasteiger partial charge in [0.05, 0.1) is 5.60 Å². The first-order valence-electron chi connectivity index (χ1n) is 7.84. The molecule has 0 spiro atoms. The zero-order valence-electron chi connectivity index (χ0n) is 13.6. The smallest absolute Gasteiger partial charge is 0.319 e. The second-order valence-corrected chi connectivity index (χ2v) is 6.13. The third-order valence-electron chi connectivity index (χ3n) is 4.54. The predicted molar refractivity (Wildman–Crippen MR) is 91.8 cm³/mol. The molecule has 3 rings (SSSR count). The number of hydrogen-bond donors (Lipinski definition) is 2. The Morgan fingerprint density at radius 3 is 2.30 bits per heavy atom. The number of benzene rings is 2. The second kappa shape index (κ2) is 6.42. The number of nitrogens with one attached hydrogen (secondary N) is 2. The Labute approximate surface area is 136 Å². The minimum atomic E-state index is -0.354. The normalized spacial score (nSPS) is 15.0. The predicted octanol–water partition coefficient (Wildman–Crippen LogP) is 3.30. The van der Waals surface area contributed by atoms with E-state index >= 15 is 0 Å². The highest BCUT2D eigenvalue weighted by Gasteiger charge is 2.37. The molecule has 2 aromatic carbocycles. The summed E-state index contributed by atoms with van der Waals surface area (Å²) in [5.74, 6) is 0. The van der Waals surface area contributed by atoms with Crippen LogP contribution in [0, 0.1) is 6.92 Å². The Balaban J connectivity index is 1.61. The van der Waals surface area contributed by atoms with Crippen molar-refractivity contribution in [1.82, 2.24) is 5.32 Å². The number of rotatable bonds is 4. The fraction of sp³-hybridized carbons (Fsp3) is 0.316. The minimum absolute atomic E-state index is 0.202. The van der Waals surface area contributed by atoms with Crippen LogP contribution in [0.2, 0.25) is 0 Å². The van der Waals surface area contributed by atoms with Crippen LogP contribution in [0.5, 0.6) is 0 Å². The van der Waals surface area contributed by atoms with Gasteiger partial charge in [0.2, 0.25) is 0 Å². The highest BCUT2D eigenvalue weighted by atomic mass is 16.5. The van der Waals surface area contributed by atoms with Crippen LogP contribution in [0.15, 0.2) is 48.5 Å². The maximum Gasteiger partial charge on any atom is 0.319 e. The lowest BCUT2D eigenvalue weighted by Gasteiger charge is -2.27. The first-order chi connectivity index (χ1) is 11.1. The molecule has 4 heteroatoms. The van der Waals surface area contributed by atoms with Crippen molar-refractivity contribution < 1.29 is 9.53 Å². The van der Waals surface area contributed by atoms with Gasteiger partial charge in [0.1, 0.15) is 0 Å². The Morgan fingerprint density at radius 2 is 1.70 bits per heavy atom. The van der Waals surface area contributed by atoms with Crippen LogP contribution in [0.4, 0.5) is 10.5 Å². The molecule has 0 atom stereocenters. The lowest BCUT2D eigenvalue weighted by atomic mass is 10.0. The van der Waals surface area contributed by atoms with Crippen LogP contribution >= 0.6 is 0 Å². The molecule has 0 radical (unpaired) electrons. The Morgan fingerprint density at radius 1 is 1.09 bits per heavy atom. The molecule has 120 valence electrons. The highest BCUT2D eigenvalue weighted by molar-refractivity contribution is 5.90. The summed E-state index contributed by atoms with van der Waals surface area (Å²) in [5, 5.41) is 5.84. The maximum absolute atomic E-state index is 12.2. The summed E-state index contributed by atoms with van der Waals surface area (Å²) < 4.78 is 5.76. The Kier molecular flexibility index (Phi) is 4.35. The fourth-order valence-corrected chi connectivity index (χ4v) is 3.12. The number of para-hydroxylation sites is 1. The van der Waals surface area contributed by atoms with Gasteiger partial charge in [-0.1, -0.05) is 42.5 Å². The molecule has 0 aliphatic heterocycles. The topological polar surface area (TPSA) is 50.4 Å². The summed E-state index contributed by atoms with van der Waals surface area (Å²) in [7, 11) is 1.72. The number of urea groups is 1. The van der Waals surface area contributed by atoms with Crippen LogP contribution in [0.1, 0.15) is 16.7 Å². The van der Waals surface area contributed by atoms with Gasteiger partial charge in [0.25, 0.3) is 0 Å². The van der Waals surface area contributed by atoms with Crippen LogP contribution in [0.3, 0.4) is 0 Å². The molecular formula is C19H22N2O2. The van der Waals surface area contributed by atoms with Crippen molar-refractivity contribution in [3.8, 4) is 0 Å². The summed E-state index contributed by atoms with van der Waals surface area (Å²) >= 11 is 0. The van der Waals surface area contributed by atoms with E-state index in [1.165, 1.54) is 11.1 Å². The molecule has 4 nitrogen and oxygen atoms in total. The number of fused-ring (bicyclic) bond motifs is 1. The number of anilines is 1. The van der Waals surface area contributed by atoms with Gasteiger partial charge >= 0.3 is 6.03 Å². The van der Waals surface area contributed by atoms with E-state index < -0.39 is 0 Å². The van der Waals surface area contributed by atoms with Gasteiger partial charge in [0, 0.05) is 32.2 Å². The standard InChI is InChI=1S/C19H22N2O2/c1-14-7-3-6-10-17(14)21-18(22)20-13-19(23-2)11-15-8-4-5-9-16(15)12-19/h3-10H,11-13H2,1-2H3,(H2,20,21,22). The molecule has 0 fully saturated rings. The number of aryl methyl sites for hydroxylation is 1. The summed E-state index contributed by atoms with van der Waals surface area (Å²) in [4.78, 5) is 12.2. The number of hydrogen-bond acceptors (Lipinski definition) is 2. The number of ether oxygens (including phenoxy) is 1. The van der Waals surface area contributed by atoms with E-state index in [1.807, 2.05) is 43.3 Å². The molecular weight excluding hydrogens is 288 g/mol. The fourth-order valence-electron chi connectivity index (χ4n) is 3.12. The van der Waals surface area contributed by atoms with Crippen molar-refractivity contribution in [3.63, 3.8) is 0 Å². The van der Waals surface area contributed by atoms with E-state index in [1.54, 1.807) is 7.11 Å². The van der Waals surface area contributed by atoms with E-state index in [9.17, 15) is 4.79 Å². The van der Waals surface area contributed by atoms with Gasteiger partial charge in [-0.3, -0.25) is 0 Å². The first kappa shape index (κ1) is 15.6. The maximum atomic E-state index is 12.2. The summed E-state index contributed by atoms with van der Waals surface area (Å²) in [6.45, 7) is 2.45. The third-order valence-corrected chi connectivity index (χ3v) is 4.54. The third kappa shape index (κ3) is 3.37. The molecule has 0 saturated carbocycles. The van der Waals surface area contributed by atoms with Gasteiger partial charge < -0.3 is 15.4 Å². The largest absolute Gasteiger partial charge is 0.376 e. The molecule has 0 saturated heterocycles. The molecule has 0 bridgehead atoms. The molecule has 0 aromatic heterocycles. The van der Waals surface area contributed by atoms with E-state index in [0.29, 0.717) is 6.54 Å². The molecule has 23 heavy (non-hydrogen) atoms. The molecule has 0 heterocycles. The first-order valence-corrected chi connectivity index (χ1v) is 7.84. The summed E-state index contributed by atoms with van der Waals surface area (Å²) in [6.07, 6.45) is 1.65. The van der Waals surface area contributed by atoms with E-state index in [4.69, 9.17) is 4.74 Å². The lowest BCUT2D eigenvalue weighted by molar-refractivity contribution is 0.00208. The average Bonchev–Trinajstić information content (AvgIpc) is 2.94. The van der Waals surface area contributed by atoms with Crippen molar-refractivity contribution in [3.05, 3.63) is 65.2 Å². The molecule has 2 aromatic rings. The van der Waals surface area contributed by atoms with E-state index in [-0.39, 0.29) is 11.6 Å². The summed E-state index contributed by atoms with van der Waals surface area (Å²) in [5.41, 5.74) is 4.11. The Bertz CT molecular complexity index is 687. The van der Waals surface area contributed by atoms with Gasteiger partial charge in [0.15, 0.2) is 0 Å². The number of methoxy groups -OCH3 is 1. The van der Waals surface area contributed by atoms with Gasteiger partial charge in [-0.25, -0.2) is 4.79 Å². The van der Waals surface area contributed by atoms with Crippen molar-refractivity contribution in [2.45, 2.75) is 25.4 Å². The van der Waals surface area contributed by atoms with Gasteiger partial charge in [-0.15, -0.1) is 0 Å². The molecule has 0 unspecified atom stereocenters. The van der Waals surface area contributed by atoms with Crippen LogP contribution < -0.4 is 10.6 Å². The van der Waals surface area contributed by atoms with E-state index in [2.05, 4.69) is 22.8 Å². The van der Waals surface area contributed by atoms with Crippen LogP contribution in [-0.4, -0.2) is 25.3 Å². The average molecular weight is 310 g/mol. The zero-order valence-corrected chi connectivity index (χ0v) is 13.6. The quantitative estimate of drug-likeness (QED) is 0.910. The number of carbonyl (C=O) groups is 1.